The monoisotopic (exact) mass is 436 g/mol. The van der Waals surface area contributed by atoms with E-state index in [1.54, 1.807) is 47.4 Å². The summed E-state index contributed by atoms with van der Waals surface area (Å²) in [5, 5.41) is 3.33. The molecule has 1 heterocycles. The van der Waals surface area contributed by atoms with E-state index >= 15 is 0 Å². The lowest BCUT2D eigenvalue weighted by molar-refractivity contribution is -0.121. The highest BCUT2D eigenvalue weighted by Gasteiger charge is 2.26. The number of carbonyl (C=O) groups excluding carboxylic acids is 2. The molecule has 1 aliphatic heterocycles. The van der Waals surface area contributed by atoms with Crippen LogP contribution in [0.4, 0.5) is 15.8 Å². The molecule has 0 aliphatic carbocycles. The maximum absolute atomic E-state index is 13.0. The van der Waals surface area contributed by atoms with Crippen molar-refractivity contribution in [2.45, 2.75) is 6.54 Å². The molecule has 156 valence electrons. The molecule has 4 rings (SSSR count). The summed E-state index contributed by atoms with van der Waals surface area (Å²) in [5.41, 5.74) is 2.57. The number of nitrogens with one attached hydrogen (secondary N) is 1. The van der Waals surface area contributed by atoms with E-state index in [2.05, 4.69) is 5.32 Å². The number of amides is 2. The van der Waals surface area contributed by atoms with Crippen LogP contribution in [-0.4, -0.2) is 18.4 Å². The van der Waals surface area contributed by atoms with E-state index < -0.39 is 0 Å². The number of hydrogen-bond acceptors (Lipinski definition) is 3. The largest absolute Gasteiger partial charge is 0.482 e. The lowest BCUT2D eigenvalue weighted by atomic mass is 10.1. The third-order valence-corrected chi connectivity index (χ3v) is 5.12. The minimum Gasteiger partial charge on any atom is -0.482 e. The van der Waals surface area contributed by atoms with Gasteiger partial charge in [-0.1, -0.05) is 41.9 Å². The minimum atomic E-state index is -0.356. The number of carbonyl (C=O) groups is 2. The normalized spacial score (nSPS) is 13.1. The fraction of sp³-hybridized carbons (Fsp3) is 0.0833. The molecule has 3 aromatic rings. The van der Waals surface area contributed by atoms with Crippen molar-refractivity contribution in [3.63, 3.8) is 0 Å². The van der Waals surface area contributed by atoms with Gasteiger partial charge in [-0.3, -0.25) is 9.59 Å². The Hall–Kier alpha value is -3.64. The Balaban J connectivity index is 1.53. The summed E-state index contributed by atoms with van der Waals surface area (Å²) in [6.45, 7) is 0.223. The van der Waals surface area contributed by atoms with Crippen LogP contribution in [0.2, 0.25) is 5.02 Å². The second-order valence-corrected chi connectivity index (χ2v) is 7.32. The Bertz CT molecular complexity index is 1160. The second kappa shape index (κ2) is 9.02. The van der Waals surface area contributed by atoms with Crippen LogP contribution in [0, 0.1) is 5.82 Å². The topological polar surface area (TPSA) is 58.6 Å². The van der Waals surface area contributed by atoms with Crippen molar-refractivity contribution < 1.29 is 18.7 Å². The zero-order valence-corrected chi connectivity index (χ0v) is 17.1. The Morgan fingerprint density at radius 1 is 1.13 bits per heavy atom. The fourth-order valence-electron chi connectivity index (χ4n) is 3.18. The van der Waals surface area contributed by atoms with Gasteiger partial charge in [0.2, 0.25) is 5.91 Å². The predicted molar refractivity (Wildman–Crippen MR) is 119 cm³/mol. The Morgan fingerprint density at radius 2 is 1.90 bits per heavy atom. The molecule has 0 unspecified atom stereocenters. The molecule has 0 saturated carbocycles. The maximum Gasteiger partial charge on any atom is 0.265 e. The summed E-state index contributed by atoms with van der Waals surface area (Å²) in [6, 6.07) is 18.2. The van der Waals surface area contributed by atoms with Crippen molar-refractivity contribution in [1.29, 1.82) is 0 Å². The van der Waals surface area contributed by atoms with Gasteiger partial charge in [0.25, 0.3) is 5.91 Å². The molecule has 3 aromatic carbocycles. The van der Waals surface area contributed by atoms with Crippen molar-refractivity contribution in [3.05, 3.63) is 94.8 Å². The SMILES string of the molecule is O=C(/C=C/c1ccc(F)cc1)Nc1ccc2c(c1)N(Cc1ccccc1Cl)C(=O)CO2. The number of anilines is 2. The van der Waals surface area contributed by atoms with Gasteiger partial charge in [0.05, 0.1) is 12.2 Å². The Morgan fingerprint density at radius 3 is 2.68 bits per heavy atom. The van der Waals surface area contributed by atoms with Gasteiger partial charge in [0.15, 0.2) is 6.61 Å². The lowest BCUT2D eigenvalue weighted by Crippen LogP contribution is -2.38. The van der Waals surface area contributed by atoms with Gasteiger partial charge in [-0.2, -0.15) is 0 Å². The molecule has 0 fully saturated rings. The number of nitrogens with zero attached hydrogens (tertiary/aromatic N) is 1. The van der Waals surface area contributed by atoms with Crippen LogP contribution in [0.25, 0.3) is 6.08 Å². The Kier molecular flexibility index (Phi) is 6.00. The number of halogens is 2. The van der Waals surface area contributed by atoms with Gasteiger partial charge in [-0.15, -0.1) is 0 Å². The standard InChI is InChI=1S/C24H18ClFN2O3/c25-20-4-2-1-3-17(20)14-28-21-13-19(10-11-22(21)31-15-24(28)30)27-23(29)12-7-16-5-8-18(26)9-6-16/h1-13H,14-15H2,(H,27,29)/b12-7+. The van der Waals surface area contributed by atoms with Gasteiger partial charge in [-0.25, -0.2) is 4.39 Å². The van der Waals surface area contributed by atoms with E-state index in [9.17, 15) is 14.0 Å². The van der Waals surface area contributed by atoms with Gasteiger partial charge in [0, 0.05) is 16.8 Å². The number of rotatable bonds is 5. The summed E-state index contributed by atoms with van der Waals surface area (Å²) in [6.07, 6.45) is 2.94. The molecule has 0 spiro atoms. The van der Waals surface area contributed by atoms with Gasteiger partial charge < -0.3 is 15.0 Å². The average Bonchev–Trinajstić information content (AvgIpc) is 2.77. The smallest absolute Gasteiger partial charge is 0.265 e. The third kappa shape index (κ3) is 4.92. The van der Waals surface area contributed by atoms with E-state index in [-0.39, 0.29) is 30.8 Å². The van der Waals surface area contributed by atoms with E-state index in [1.807, 2.05) is 18.2 Å². The van der Waals surface area contributed by atoms with E-state index in [0.717, 1.165) is 5.56 Å². The van der Waals surface area contributed by atoms with E-state index in [1.165, 1.54) is 18.2 Å². The molecule has 0 radical (unpaired) electrons. The first-order chi connectivity index (χ1) is 15.0. The average molecular weight is 437 g/mol. The van der Waals surface area contributed by atoms with Crippen LogP contribution in [0.15, 0.2) is 72.8 Å². The first-order valence-electron chi connectivity index (χ1n) is 9.55. The highest BCUT2D eigenvalue weighted by atomic mass is 35.5. The zero-order valence-electron chi connectivity index (χ0n) is 16.3. The maximum atomic E-state index is 13.0. The molecule has 0 bridgehead atoms. The van der Waals surface area contributed by atoms with Crippen molar-refractivity contribution in [3.8, 4) is 5.75 Å². The minimum absolute atomic E-state index is 0.0659. The molecule has 2 amide bonds. The van der Waals surface area contributed by atoms with E-state index in [0.29, 0.717) is 27.7 Å². The first-order valence-corrected chi connectivity index (χ1v) is 9.92. The predicted octanol–water partition coefficient (Wildman–Crippen LogP) is 5.06. The van der Waals surface area contributed by atoms with Crippen molar-refractivity contribution in [2.75, 3.05) is 16.8 Å². The summed E-state index contributed by atoms with van der Waals surface area (Å²) in [7, 11) is 0. The van der Waals surface area contributed by atoms with Crippen molar-refractivity contribution >= 4 is 40.9 Å². The lowest BCUT2D eigenvalue weighted by Gasteiger charge is -2.30. The molecule has 1 aliphatic rings. The molecule has 1 N–H and O–H groups in total. The van der Waals surface area contributed by atoms with Crippen LogP contribution >= 0.6 is 11.6 Å². The quantitative estimate of drug-likeness (QED) is 0.569. The number of hydrogen-bond donors (Lipinski definition) is 1. The molecule has 5 nitrogen and oxygen atoms in total. The highest BCUT2D eigenvalue weighted by molar-refractivity contribution is 6.31. The number of ether oxygens (including phenoxy) is 1. The molecule has 31 heavy (non-hydrogen) atoms. The van der Waals surface area contributed by atoms with Crippen molar-refractivity contribution in [2.24, 2.45) is 0 Å². The molecule has 7 heteroatoms. The van der Waals surface area contributed by atoms with Crippen LogP contribution in [-0.2, 0) is 16.1 Å². The van der Waals surface area contributed by atoms with Crippen LogP contribution < -0.4 is 15.0 Å². The number of benzene rings is 3. The third-order valence-electron chi connectivity index (χ3n) is 4.75. The molecule has 0 atom stereocenters. The van der Waals surface area contributed by atoms with Crippen molar-refractivity contribution in [1.82, 2.24) is 0 Å². The summed E-state index contributed by atoms with van der Waals surface area (Å²) < 4.78 is 18.5. The fourth-order valence-corrected chi connectivity index (χ4v) is 3.38. The van der Waals surface area contributed by atoms with Gasteiger partial charge in [-0.05, 0) is 53.6 Å². The van der Waals surface area contributed by atoms with Gasteiger partial charge >= 0.3 is 0 Å². The summed E-state index contributed by atoms with van der Waals surface area (Å²) >= 11 is 6.26. The summed E-state index contributed by atoms with van der Waals surface area (Å²) in [4.78, 5) is 26.4. The van der Waals surface area contributed by atoms with Gasteiger partial charge in [0.1, 0.15) is 11.6 Å². The highest BCUT2D eigenvalue weighted by Crippen LogP contribution is 2.36. The van der Waals surface area contributed by atoms with E-state index in [4.69, 9.17) is 16.3 Å². The molecule has 0 saturated heterocycles. The molecular weight excluding hydrogens is 419 g/mol. The molecule has 0 aromatic heterocycles. The second-order valence-electron chi connectivity index (χ2n) is 6.92. The number of fused-ring (bicyclic) bond motifs is 1. The summed E-state index contributed by atoms with van der Waals surface area (Å²) in [5.74, 6) is -0.350. The van der Waals surface area contributed by atoms with Crippen LogP contribution in [0.5, 0.6) is 5.75 Å². The molecular formula is C24H18ClFN2O3. The first kappa shape index (κ1) is 20.6. The van der Waals surface area contributed by atoms with Crippen LogP contribution in [0.3, 0.4) is 0 Å². The zero-order chi connectivity index (χ0) is 21.8. The van der Waals surface area contributed by atoms with Crippen LogP contribution in [0.1, 0.15) is 11.1 Å². The Labute approximate surface area is 183 Å².